The molecule has 31 heavy (non-hydrogen) atoms. The normalized spacial score (nSPS) is 11.7. The molecule has 3 rings (SSSR count). The average molecular weight is 459 g/mol. The van der Waals surface area contributed by atoms with E-state index in [1.54, 1.807) is 57.5 Å². The minimum Gasteiger partial charge on any atom is -0.444 e. The fourth-order valence-corrected chi connectivity index (χ4v) is 5.34. The van der Waals surface area contributed by atoms with Crippen molar-refractivity contribution >= 4 is 27.5 Å². The predicted molar refractivity (Wildman–Crippen MR) is 117 cm³/mol. The van der Waals surface area contributed by atoms with Crippen LogP contribution in [0.25, 0.3) is 11.3 Å². The maximum atomic E-state index is 13.3. The lowest BCUT2D eigenvalue weighted by Crippen LogP contribution is -2.33. The average Bonchev–Trinajstić information content (AvgIpc) is 3.37. The maximum absolute atomic E-state index is 13.3. The highest BCUT2D eigenvalue weighted by Gasteiger charge is 2.26. The van der Waals surface area contributed by atoms with Gasteiger partial charge >= 0.3 is 6.09 Å². The third-order valence-electron chi connectivity index (χ3n) is 4.17. The Hall–Kier alpha value is -3.16. The Morgan fingerprint density at radius 2 is 2.06 bits per heavy atom. The Labute approximate surface area is 185 Å². The quantitative estimate of drug-likeness (QED) is 0.570. The highest BCUT2D eigenvalue weighted by Crippen LogP contribution is 2.30. The van der Waals surface area contributed by atoms with Crippen LogP contribution in [0, 0.1) is 11.3 Å². The molecule has 0 aliphatic carbocycles. The van der Waals surface area contributed by atoms with Crippen LogP contribution >= 0.6 is 11.3 Å². The van der Waals surface area contributed by atoms with Gasteiger partial charge in [0.1, 0.15) is 21.6 Å². The number of thiophene rings is 1. The van der Waals surface area contributed by atoms with Gasteiger partial charge in [0.25, 0.3) is 10.0 Å². The largest absolute Gasteiger partial charge is 0.444 e. The first-order chi connectivity index (χ1) is 14.5. The molecule has 0 saturated heterocycles. The zero-order valence-electron chi connectivity index (χ0n) is 17.6. The van der Waals surface area contributed by atoms with Gasteiger partial charge in [0.2, 0.25) is 0 Å². The Morgan fingerprint density at radius 1 is 1.32 bits per heavy atom. The van der Waals surface area contributed by atoms with Gasteiger partial charge in [0.15, 0.2) is 0 Å². The van der Waals surface area contributed by atoms with Crippen LogP contribution in [0.5, 0.6) is 0 Å². The topological polar surface area (TPSA) is 105 Å². The van der Waals surface area contributed by atoms with Crippen molar-refractivity contribution in [3.63, 3.8) is 0 Å². The van der Waals surface area contributed by atoms with Crippen molar-refractivity contribution in [1.29, 1.82) is 5.26 Å². The van der Waals surface area contributed by atoms with Crippen molar-refractivity contribution in [1.82, 2.24) is 13.9 Å². The minimum absolute atomic E-state index is 0.107. The number of carbonyl (C=O) groups excluding carboxylic acids is 1. The number of ether oxygens (including phenoxy) is 1. The zero-order chi connectivity index (χ0) is 22.8. The van der Waals surface area contributed by atoms with E-state index < -0.39 is 21.7 Å². The molecule has 3 heterocycles. The molecule has 0 fully saturated rings. The first-order valence-corrected chi connectivity index (χ1v) is 11.6. The van der Waals surface area contributed by atoms with E-state index >= 15 is 0 Å². The molecule has 8 nitrogen and oxygen atoms in total. The molecule has 0 aliphatic rings. The fourth-order valence-electron chi connectivity index (χ4n) is 2.86. The summed E-state index contributed by atoms with van der Waals surface area (Å²) in [5.74, 6) is 0. The number of nitrogens with zero attached hydrogens (tertiary/aromatic N) is 4. The smallest absolute Gasteiger partial charge is 0.410 e. The molecule has 1 amide bonds. The molecule has 0 aromatic carbocycles. The van der Waals surface area contributed by atoms with Crippen LogP contribution in [-0.2, 0) is 21.3 Å². The van der Waals surface area contributed by atoms with Gasteiger partial charge in [-0.2, -0.15) is 13.7 Å². The molecular weight excluding hydrogens is 436 g/mol. The van der Waals surface area contributed by atoms with Crippen LogP contribution in [0.3, 0.4) is 0 Å². The van der Waals surface area contributed by atoms with Gasteiger partial charge in [0.05, 0.1) is 12.2 Å². The van der Waals surface area contributed by atoms with Crippen molar-refractivity contribution in [3.05, 3.63) is 59.4 Å². The number of aromatic nitrogens is 2. The highest BCUT2D eigenvalue weighted by atomic mass is 32.2. The molecule has 0 aliphatic heterocycles. The Kier molecular flexibility index (Phi) is 6.20. The van der Waals surface area contributed by atoms with Crippen molar-refractivity contribution in [2.75, 3.05) is 7.05 Å². The summed E-state index contributed by atoms with van der Waals surface area (Å²) in [6.07, 6.45) is 2.40. The summed E-state index contributed by atoms with van der Waals surface area (Å²) in [5, 5.41) is 11.1. The first kappa shape index (κ1) is 22.5. The van der Waals surface area contributed by atoms with Crippen molar-refractivity contribution in [2.45, 2.75) is 37.1 Å². The number of hydrogen-bond acceptors (Lipinski definition) is 7. The second-order valence-corrected chi connectivity index (χ2v) is 10.8. The molecule has 0 spiro atoms. The van der Waals surface area contributed by atoms with E-state index in [1.165, 1.54) is 23.4 Å². The van der Waals surface area contributed by atoms with Crippen molar-refractivity contribution in [3.8, 4) is 17.3 Å². The molecule has 0 unspecified atom stereocenters. The number of hydrogen-bond donors (Lipinski definition) is 0. The van der Waals surface area contributed by atoms with Crippen LogP contribution in [0.4, 0.5) is 4.79 Å². The van der Waals surface area contributed by atoms with Crippen LogP contribution in [0.15, 0.2) is 52.3 Å². The van der Waals surface area contributed by atoms with Crippen LogP contribution < -0.4 is 0 Å². The van der Waals surface area contributed by atoms with Crippen LogP contribution in [0.2, 0.25) is 0 Å². The Balaban J connectivity index is 2.07. The first-order valence-electron chi connectivity index (χ1n) is 9.33. The summed E-state index contributed by atoms with van der Waals surface area (Å²) in [4.78, 5) is 17.7. The van der Waals surface area contributed by atoms with Gasteiger partial charge in [-0.3, -0.25) is 0 Å². The summed E-state index contributed by atoms with van der Waals surface area (Å²) >= 11 is 1.10. The summed E-state index contributed by atoms with van der Waals surface area (Å²) in [5.41, 5.74) is 0.705. The zero-order valence-corrected chi connectivity index (χ0v) is 19.2. The van der Waals surface area contributed by atoms with E-state index in [9.17, 15) is 18.5 Å². The summed E-state index contributed by atoms with van der Waals surface area (Å²) in [6.45, 7) is 5.43. The van der Waals surface area contributed by atoms with Gasteiger partial charge in [0, 0.05) is 25.0 Å². The number of carbonyl (C=O) groups is 1. The Morgan fingerprint density at radius 3 is 2.68 bits per heavy atom. The van der Waals surface area contributed by atoms with Gasteiger partial charge in [-0.25, -0.2) is 13.8 Å². The van der Waals surface area contributed by atoms with Crippen LogP contribution in [-0.4, -0.2) is 41.0 Å². The molecule has 0 radical (unpaired) electrons. The number of rotatable bonds is 5. The minimum atomic E-state index is -3.90. The number of pyridine rings is 1. The number of amides is 1. The summed E-state index contributed by atoms with van der Waals surface area (Å²) in [7, 11) is -2.33. The third-order valence-corrected chi connectivity index (χ3v) is 7.21. The third kappa shape index (κ3) is 4.95. The lowest BCUT2D eigenvalue weighted by atomic mass is 10.1. The molecular formula is C21H22N4O4S2. The molecule has 0 bridgehead atoms. The van der Waals surface area contributed by atoms with Gasteiger partial charge in [-0.15, -0.1) is 11.3 Å². The molecule has 0 saturated carbocycles. The molecule has 3 aromatic heterocycles. The predicted octanol–water partition coefficient (Wildman–Crippen LogP) is 4.09. The standard InChI is InChI=1S/C21H22N4O4S2/c1-21(2,3)29-20(26)24(4)13-15-11-18(16-7-5-9-23-17(16)12-22)25(14-15)31(27,28)19-8-6-10-30-19/h5-11,14H,13H2,1-4H3. The lowest BCUT2D eigenvalue weighted by molar-refractivity contribution is 0.0285. The summed E-state index contributed by atoms with van der Waals surface area (Å²) < 4.78 is 33.2. The van der Waals surface area contributed by atoms with Crippen molar-refractivity contribution in [2.24, 2.45) is 0 Å². The van der Waals surface area contributed by atoms with E-state index in [0.717, 1.165) is 15.3 Å². The van der Waals surface area contributed by atoms with Gasteiger partial charge < -0.3 is 9.64 Å². The summed E-state index contributed by atoms with van der Waals surface area (Å²) in [6, 6.07) is 10.1. The molecule has 0 N–H and O–H groups in total. The van der Waals surface area contributed by atoms with E-state index in [-0.39, 0.29) is 16.4 Å². The second kappa shape index (κ2) is 8.53. The van der Waals surface area contributed by atoms with Crippen molar-refractivity contribution < 1.29 is 17.9 Å². The van der Waals surface area contributed by atoms with Crippen LogP contribution in [0.1, 0.15) is 32.0 Å². The van der Waals surface area contributed by atoms with Gasteiger partial charge in [-0.05, 0) is 56.0 Å². The molecule has 3 aromatic rings. The second-order valence-electron chi connectivity index (χ2n) is 7.81. The number of nitriles is 1. The van der Waals surface area contributed by atoms with E-state index in [1.807, 2.05) is 6.07 Å². The molecule has 10 heteroatoms. The van der Waals surface area contributed by atoms with E-state index in [2.05, 4.69) is 4.98 Å². The SMILES string of the molecule is CN(Cc1cc(-c2cccnc2C#N)n(S(=O)(=O)c2cccs2)c1)C(=O)OC(C)(C)C. The highest BCUT2D eigenvalue weighted by molar-refractivity contribution is 7.92. The maximum Gasteiger partial charge on any atom is 0.410 e. The van der Waals surface area contributed by atoms with Gasteiger partial charge in [-0.1, -0.05) is 6.07 Å². The molecule has 0 atom stereocenters. The molecule has 162 valence electrons. The lowest BCUT2D eigenvalue weighted by Gasteiger charge is -2.24. The fraction of sp³-hybridized carbons (Fsp3) is 0.286. The monoisotopic (exact) mass is 458 g/mol. The Bertz CT molecular complexity index is 1230. The van der Waals surface area contributed by atoms with E-state index in [0.29, 0.717) is 16.8 Å². The van der Waals surface area contributed by atoms with E-state index in [4.69, 9.17) is 4.74 Å².